The fourth-order valence-electron chi connectivity index (χ4n) is 4.04. The highest BCUT2D eigenvalue weighted by molar-refractivity contribution is 6.05. The van der Waals surface area contributed by atoms with Gasteiger partial charge in [0.05, 0.1) is 19.4 Å². The van der Waals surface area contributed by atoms with Crippen LogP contribution in [0.3, 0.4) is 0 Å². The molecule has 0 aromatic heterocycles. The Kier molecular flexibility index (Phi) is 5.38. The van der Waals surface area contributed by atoms with Gasteiger partial charge in [-0.3, -0.25) is 25.0 Å². The van der Waals surface area contributed by atoms with Crippen molar-refractivity contribution in [2.75, 3.05) is 32.8 Å². The first-order valence-corrected chi connectivity index (χ1v) is 9.83. The molecule has 0 bridgehead atoms. The Morgan fingerprint density at radius 3 is 2.86 bits per heavy atom. The third kappa shape index (κ3) is 3.77. The van der Waals surface area contributed by atoms with Gasteiger partial charge in [-0.25, -0.2) is 4.79 Å². The maximum atomic E-state index is 12.6. The number of benzene rings is 1. The van der Waals surface area contributed by atoms with E-state index >= 15 is 0 Å². The average Bonchev–Trinajstić information content (AvgIpc) is 3.37. The molecule has 8 heteroatoms. The lowest BCUT2D eigenvalue weighted by Gasteiger charge is -2.32. The molecule has 0 saturated carbocycles. The maximum Gasteiger partial charge on any atom is 0.324 e. The summed E-state index contributed by atoms with van der Waals surface area (Å²) in [5.41, 5.74) is 2.52. The van der Waals surface area contributed by atoms with E-state index in [1.165, 1.54) is 11.1 Å². The lowest BCUT2D eigenvalue weighted by molar-refractivity contribution is -0.130. The topological polar surface area (TPSA) is 80.6 Å². The molecule has 0 aliphatic carbocycles. The van der Waals surface area contributed by atoms with Gasteiger partial charge in [0.2, 0.25) is 5.91 Å². The van der Waals surface area contributed by atoms with E-state index in [1.54, 1.807) is 4.90 Å². The summed E-state index contributed by atoms with van der Waals surface area (Å²) in [6.07, 6.45) is 3.56. The van der Waals surface area contributed by atoms with Crippen LogP contribution in [0.5, 0.6) is 0 Å². The number of nitrogens with zero attached hydrogens (tertiary/aromatic N) is 5. The summed E-state index contributed by atoms with van der Waals surface area (Å²) in [7, 11) is 0. The van der Waals surface area contributed by atoms with E-state index < -0.39 is 0 Å². The van der Waals surface area contributed by atoms with Crippen molar-refractivity contribution in [2.45, 2.75) is 32.5 Å². The van der Waals surface area contributed by atoms with Crippen LogP contribution in [0.15, 0.2) is 34.3 Å². The minimum absolute atomic E-state index is 0.00492. The zero-order chi connectivity index (χ0) is 19.5. The monoisotopic (exact) mass is 382 g/mol. The molecule has 3 amide bonds. The second kappa shape index (κ2) is 8.10. The van der Waals surface area contributed by atoms with Crippen molar-refractivity contribution in [2.24, 2.45) is 9.98 Å². The fraction of sp³-hybridized carbons (Fsp3) is 0.500. The van der Waals surface area contributed by atoms with Gasteiger partial charge in [-0.05, 0) is 24.0 Å². The van der Waals surface area contributed by atoms with Crippen LogP contribution in [-0.4, -0.2) is 77.7 Å². The van der Waals surface area contributed by atoms with E-state index in [4.69, 9.17) is 0 Å². The van der Waals surface area contributed by atoms with Crippen molar-refractivity contribution in [1.82, 2.24) is 20.0 Å². The normalized spacial score (nSPS) is 21.9. The molecule has 1 aromatic carbocycles. The summed E-state index contributed by atoms with van der Waals surface area (Å²) < 4.78 is 0. The molecule has 148 valence electrons. The van der Waals surface area contributed by atoms with Gasteiger partial charge in [-0.1, -0.05) is 31.2 Å². The first-order chi connectivity index (χ1) is 13.7. The Bertz CT molecular complexity index is 813. The molecule has 3 heterocycles. The minimum atomic E-state index is -0.156. The highest BCUT2D eigenvalue weighted by atomic mass is 16.2. The summed E-state index contributed by atoms with van der Waals surface area (Å²) in [4.78, 5) is 39.4. The van der Waals surface area contributed by atoms with Crippen molar-refractivity contribution in [3.8, 4) is 0 Å². The summed E-state index contributed by atoms with van der Waals surface area (Å²) >= 11 is 0. The zero-order valence-electron chi connectivity index (χ0n) is 16.2. The average molecular weight is 382 g/mol. The predicted octanol–water partition coefficient (Wildman–Crippen LogP) is 1.08. The largest absolute Gasteiger partial charge is 0.336 e. The molecule has 1 saturated heterocycles. The Balaban J connectivity index is 1.35. The van der Waals surface area contributed by atoms with Crippen molar-refractivity contribution < 1.29 is 9.59 Å². The number of rotatable bonds is 5. The summed E-state index contributed by atoms with van der Waals surface area (Å²) in [6.45, 7) is 5.24. The van der Waals surface area contributed by atoms with Gasteiger partial charge in [0.25, 0.3) is 0 Å². The molecule has 1 fully saturated rings. The standard InChI is InChI=1S/C20H26N6O2/c1-2-18(25-10-8-21-14-25)26-13-17(23-20(26)28)22-11-19(27)24-9-7-15-5-3-4-6-16(15)12-24/h3-6,8,18H,2,7,9-14H2,1H3,(H,22,23,28). The molecule has 8 nitrogen and oxygen atoms in total. The fourth-order valence-corrected chi connectivity index (χ4v) is 4.04. The smallest absolute Gasteiger partial charge is 0.324 e. The van der Waals surface area contributed by atoms with Crippen LogP contribution >= 0.6 is 0 Å². The van der Waals surface area contributed by atoms with Crippen LogP contribution in [0.2, 0.25) is 0 Å². The van der Waals surface area contributed by atoms with Gasteiger partial charge < -0.3 is 9.80 Å². The molecular weight excluding hydrogens is 356 g/mol. The number of nitrogens with one attached hydrogen (secondary N) is 1. The Labute approximate surface area is 164 Å². The number of hydrogen-bond acceptors (Lipinski definition) is 5. The molecule has 1 N–H and O–H groups in total. The SMILES string of the molecule is CCC(N1CC=NC1)N1CC(=NCC(=O)N2CCc3ccccc3C2)NC1=O. The van der Waals surface area contributed by atoms with E-state index in [9.17, 15) is 9.59 Å². The first-order valence-electron chi connectivity index (χ1n) is 9.83. The van der Waals surface area contributed by atoms with Crippen molar-refractivity contribution in [3.63, 3.8) is 0 Å². The Hall–Kier alpha value is -2.74. The molecule has 28 heavy (non-hydrogen) atoms. The molecule has 3 aliphatic heterocycles. The molecule has 1 atom stereocenters. The number of urea groups is 1. The lowest BCUT2D eigenvalue weighted by Crippen LogP contribution is -2.48. The molecule has 1 aromatic rings. The number of hydrogen-bond donors (Lipinski definition) is 1. The van der Waals surface area contributed by atoms with Gasteiger partial charge >= 0.3 is 6.03 Å². The van der Waals surface area contributed by atoms with Crippen LogP contribution in [0.4, 0.5) is 4.79 Å². The van der Waals surface area contributed by atoms with Crippen LogP contribution in [-0.2, 0) is 17.8 Å². The van der Waals surface area contributed by atoms with Crippen molar-refractivity contribution in [3.05, 3.63) is 35.4 Å². The number of amidine groups is 1. The quantitative estimate of drug-likeness (QED) is 0.827. The summed E-state index contributed by atoms with van der Waals surface area (Å²) in [5.74, 6) is 0.559. The number of amides is 3. The highest BCUT2D eigenvalue weighted by Gasteiger charge is 2.34. The predicted molar refractivity (Wildman–Crippen MR) is 107 cm³/mol. The number of carbonyl (C=O) groups excluding carboxylic acids is 2. The van der Waals surface area contributed by atoms with E-state index in [-0.39, 0.29) is 24.6 Å². The van der Waals surface area contributed by atoms with Crippen molar-refractivity contribution in [1.29, 1.82) is 0 Å². The second-order valence-electron chi connectivity index (χ2n) is 7.32. The maximum absolute atomic E-state index is 12.6. The zero-order valence-corrected chi connectivity index (χ0v) is 16.2. The molecular formula is C20H26N6O2. The van der Waals surface area contributed by atoms with Crippen LogP contribution in [0.1, 0.15) is 24.5 Å². The van der Waals surface area contributed by atoms with E-state index in [0.29, 0.717) is 32.1 Å². The number of carbonyl (C=O) groups is 2. The van der Waals surface area contributed by atoms with Gasteiger partial charge in [-0.15, -0.1) is 0 Å². The first kappa shape index (κ1) is 18.6. The molecule has 3 aliphatic rings. The molecule has 0 radical (unpaired) electrons. The Morgan fingerprint density at radius 2 is 2.11 bits per heavy atom. The van der Waals surface area contributed by atoms with Gasteiger partial charge in [-0.2, -0.15) is 0 Å². The summed E-state index contributed by atoms with van der Waals surface area (Å²) in [6, 6.07) is 8.08. The third-order valence-corrected chi connectivity index (χ3v) is 5.58. The van der Waals surface area contributed by atoms with Crippen molar-refractivity contribution >= 4 is 24.0 Å². The molecule has 4 rings (SSSR count). The van der Waals surface area contributed by atoms with Gasteiger partial charge in [0.15, 0.2) is 0 Å². The number of aliphatic imine (C=N–C) groups is 2. The second-order valence-corrected chi connectivity index (χ2v) is 7.32. The lowest BCUT2D eigenvalue weighted by atomic mass is 10.00. The Morgan fingerprint density at radius 1 is 1.29 bits per heavy atom. The van der Waals surface area contributed by atoms with E-state index in [1.807, 2.05) is 23.2 Å². The van der Waals surface area contributed by atoms with Crippen LogP contribution < -0.4 is 5.32 Å². The third-order valence-electron chi connectivity index (χ3n) is 5.58. The van der Waals surface area contributed by atoms with Gasteiger partial charge in [0.1, 0.15) is 12.4 Å². The van der Waals surface area contributed by atoms with E-state index in [0.717, 1.165) is 19.4 Å². The highest BCUT2D eigenvalue weighted by Crippen LogP contribution is 2.19. The van der Waals surface area contributed by atoms with E-state index in [2.05, 4.69) is 39.3 Å². The van der Waals surface area contributed by atoms with Crippen LogP contribution in [0.25, 0.3) is 0 Å². The number of fused-ring (bicyclic) bond motifs is 1. The summed E-state index contributed by atoms with van der Waals surface area (Å²) in [5, 5.41) is 2.81. The minimum Gasteiger partial charge on any atom is -0.336 e. The van der Waals surface area contributed by atoms with Gasteiger partial charge in [0, 0.05) is 25.8 Å². The molecule has 1 unspecified atom stereocenters. The molecule has 0 spiro atoms. The van der Waals surface area contributed by atoms with Crippen LogP contribution in [0, 0.1) is 0 Å².